The molecular weight excluding hydrogens is 314 g/mol. The lowest BCUT2D eigenvalue weighted by Crippen LogP contribution is -2.57. The Labute approximate surface area is 148 Å². The zero-order valence-electron chi connectivity index (χ0n) is 14.7. The van der Waals surface area contributed by atoms with Gasteiger partial charge in [-0.3, -0.25) is 14.7 Å². The first-order valence-electron chi connectivity index (χ1n) is 9.22. The molecule has 1 amide bonds. The molecule has 4 heterocycles. The van der Waals surface area contributed by atoms with Gasteiger partial charge in [0, 0.05) is 37.9 Å². The molecule has 0 atom stereocenters. The first kappa shape index (κ1) is 16.3. The normalized spacial score (nSPS) is 19.8. The maximum absolute atomic E-state index is 12.7. The van der Waals surface area contributed by atoms with E-state index in [1.807, 2.05) is 23.4 Å². The van der Waals surface area contributed by atoms with Crippen molar-refractivity contribution in [2.75, 3.05) is 26.2 Å². The van der Waals surface area contributed by atoms with Crippen LogP contribution in [0, 0.1) is 0 Å². The van der Waals surface area contributed by atoms with Crippen molar-refractivity contribution in [1.82, 2.24) is 24.8 Å². The first-order chi connectivity index (χ1) is 12.2. The molecule has 1 spiro atoms. The van der Waals surface area contributed by atoms with E-state index in [1.165, 1.54) is 11.4 Å². The van der Waals surface area contributed by atoms with Crippen molar-refractivity contribution in [3.05, 3.63) is 47.8 Å². The molecule has 132 valence electrons. The molecule has 6 nitrogen and oxygen atoms in total. The van der Waals surface area contributed by atoms with Gasteiger partial charge in [-0.05, 0) is 37.9 Å². The summed E-state index contributed by atoms with van der Waals surface area (Å²) >= 11 is 0. The number of fused-ring (bicyclic) bond motifs is 2. The van der Waals surface area contributed by atoms with Crippen LogP contribution in [-0.4, -0.2) is 56.8 Å². The van der Waals surface area contributed by atoms with Crippen LogP contribution >= 0.6 is 0 Å². The molecule has 0 aliphatic carbocycles. The minimum absolute atomic E-state index is 0.0233. The van der Waals surface area contributed by atoms with Crippen LogP contribution in [-0.2, 0) is 12.0 Å². The Morgan fingerprint density at radius 3 is 2.80 bits per heavy atom. The largest absolute Gasteiger partial charge is 0.348 e. The van der Waals surface area contributed by atoms with Crippen LogP contribution in [0.4, 0.5) is 0 Å². The summed E-state index contributed by atoms with van der Waals surface area (Å²) in [6.07, 6.45) is 7.55. The number of piperidine rings is 1. The van der Waals surface area contributed by atoms with Gasteiger partial charge in [-0.1, -0.05) is 13.0 Å². The Hall–Kier alpha value is -2.21. The molecule has 0 radical (unpaired) electrons. The van der Waals surface area contributed by atoms with Crippen LogP contribution in [0.1, 0.15) is 48.1 Å². The quantitative estimate of drug-likeness (QED) is 0.931. The summed E-state index contributed by atoms with van der Waals surface area (Å²) in [6.45, 7) is 5.88. The maximum atomic E-state index is 12.7. The van der Waals surface area contributed by atoms with Gasteiger partial charge in [0.25, 0.3) is 5.91 Å². The fourth-order valence-corrected chi connectivity index (χ4v) is 4.40. The summed E-state index contributed by atoms with van der Waals surface area (Å²) in [7, 11) is 0. The van der Waals surface area contributed by atoms with Crippen molar-refractivity contribution >= 4 is 5.91 Å². The third kappa shape index (κ3) is 2.74. The van der Waals surface area contributed by atoms with Crippen LogP contribution < -0.4 is 0 Å². The van der Waals surface area contributed by atoms with Crippen molar-refractivity contribution in [2.24, 2.45) is 0 Å². The molecule has 25 heavy (non-hydrogen) atoms. The highest BCUT2D eigenvalue weighted by Gasteiger charge is 2.46. The van der Waals surface area contributed by atoms with E-state index in [2.05, 4.69) is 26.8 Å². The lowest BCUT2D eigenvalue weighted by atomic mass is 9.78. The monoisotopic (exact) mass is 339 g/mol. The summed E-state index contributed by atoms with van der Waals surface area (Å²) in [6, 6.07) is 5.50. The number of pyridine rings is 1. The van der Waals surface area contributed by atoms with Crippen LogP contribution in [0.25, 0.3) is 0 Å². The molecule has 1 fully saturated rings. The minimum atomic E-state index is -0.0233. The first-order valence-corrected chi connectivity index (χ1v) is 9.22. The van der Waals surface area contributed by atoms with Crippen LogP contribution in [0.15, 0.2) is 30.7 Å². The van der Waals surface area contributed by atoms with Crippen LogP contribution in [0.3, 0.4) is 0 Å². The molecule has 0 aromatic carbocycles. The van der Waals surface area contributed by atoms with Gasteiger partial charge in [-0.2, -0.15) is 0 Å². The predicted octanol–water partition coefficient (Wildman–Crippen LogP) is 2.20. The highest BCUT2D eigenvalue weighted by Crippen LogP contribution is 2.42. The van der Waals surface area contributed by atoms with Crippen molar-refractivity contribution in [3.63, 3.8) is 0 Å². The standard InChI is InChI=1S/C19H25N5O/c1-2-10-24-11-6-15-17(22-14-21-15)19(24)7-12-23(13-8-19)18(25)16-5-3-4-9-20-16/h3-5,9,14H,2,6-8,10-13H2,1H3,(H,21,22). The number of nitrogens with zero attached hydrogens (tertiary/aromatic N) is 4. The topological polar surface area (TPSA) is 65.1 Å². The molecule has 2 aromatic rings. The second-order valence-corrected chi connectivity index (χ2v) is 7.01. The SMILES string of the molecule is CCCN1CCc2[nH]cnc2C12CCN(C(=O)c1ccccn1)CC2. The fourth-order valence-electron chi connectivity index (χ4n) is 4.40. The number of amides is 1. The van der Waals surface area contributed by atoms with Crippen LogP contribution in [0.5, 0.6) is 0 Å². The number of hydrogen-bond acceptors (Lipinski definition) is 4. The Bertz CT molecular complexity index is 733. The number of aromatic nitrogens is 3. The molecule has 0 unspecified atom stereocenters. The highest BCUT2D eigenvalue weighted by molar-refractivity contribution is 5.92. The third-order valence-electron chi connectivity index (χ3n) is 5.65. The number of likely N-dealkylation sites (tertiary alicyclic amines) is 1. The molecule has 2 aliphatic rings. The summed E-state index contributed by atoms with van der Waals surface area (Å²) in [4.78, 5) is 29.5. The average Bonchev–Trinajstić information content (AvgIpc) is 3.15. The molecule has 4 rings (SSSR count). The van der Waals surface area contributed by atoms with Crippen molar-refractivity contribution in [3.8, 4) is 0 Å². The van der Waals surface area contributed by atoms with E-state index in [4.69, 9.17) is 0 Å². The molecule has 6 heteroatoms. The number of carbonyl (C=O) groups excluding carboxylic acids is 1. The summed E-state index contributed by atoms with van der Waals surface area (Å²) in [5, 5.41) is 0. The van der Waals surface area contributed by atoms with E-state index < -0.39 is 0 Å². The Balaban J connectivity index is 1.56. The van der Waals surface area contributed by atoms with Crippen LogP contribution in [0.2, 0.25) is 0 Å². The molecule has 0 saturated carbocycles. The van der Waals surface area contributed by atoms with Gasteiger partial charge >= 0.3 is 0 Å². The molecular formula is C19H25N5O. The molecule has 0 bridgehead atoms. The fraction of sp³-hybridized carbons (Fsp3) is 0.526. The molecule has 2 aromatic heterocycles. The summed E-state index contributed by atoms with van der Waals surface area (Å²) in [5.41, 5.74) is 2.99. The van der Waals surface area contributed by atoms with Gasteiger partial charge in [0.05, 0.1) is 17.6 Å². The van der Waals surface area contributed by atoms with E-state index in [0.29, 0.717) is 5.69 Å². The number of hydrogen-bond donors (Lipinski definition) is 1. The van der Waals surface area contributed by atoms with E-state index in [-0.39, 0.29) is 11.4 Å². The molecule has 1 saturated heterocycles. The predicted molar refractivity (Wildman–Crippen MR) is 95.2 cm³/mol. The minimum Gasteiger partial charge on any atom is -0.348 e. The Morgan fingerprint density at radius 1 is 1.24 bits per heavy atom. The van der Waals surface area contributed by atoms with Gasteiger partial charge in [0.15, 0.2) is 0 Å². The summed E-state index contributed by atoms with van der Waals surface area (Å²) in [5.74, 6) is 0.0375. The van der Waals surface area contributed by atoms with Gasteiger partial charge in [0.2, 0.25) is 0 Å². The van der Waals surface area contributed by atoms with Gasteiger partial charge in [-0.15, -0.1) is 0 Å². The van der Waals surface area contributed by atoms with Gasteiger partial charge < -0.3 is 9.88 Å². The van der Waals surface area contributed by atoms with E-state index in [1.54, 1.807) is 12.3 Å². The number of H-pyrrole nitrogens is 1. The number of aromatic amines is 1. The number of nitrogens with one attached hydrogen (secondary N) is 1. The van der Waals surface area contributed by atoms with E-state index >= 15 is 0 Å². The maximum Gasteiger partial charge on any atom is 0.272 e. The smallest absolute Gasteiger partial charge is 0.272 e. The lowest BCUT2D eigenvalue weighted by Gasteiger charge is -2.50. The lowest BCUT2D eigenvalue weighted by molar-refractivity contribution is 0.00690. The van der Waals surface area contributed by atoms with E-state index in [9.17, 15) is 4.79 Å². The second kappa shape index (κ2) is 6.59. The third-order valence-corrected chi connectivity index (χ3v) is 5.65. The summed E-state index contributed by atoms with van der Waals surface area (Å²) < 4.78 is 0. The second-order valence-electron chi connectivity index (χ2n) is 7.01. The molecule has 2 aliphatic heterocycles. The van der Waals surface area contributed by atoms with Crippen molar-refractivity contribution < 1.29 is 4.79 Å². The Morgan fingerprint density at radius 2 is 2.08 bits per heavy atom. The number of rotatable bonds is 3. The Kier molecular flexibility index (Phi) is 4.29. The van der Waals surface area contributed by atoms with Gasteiger partial charge in [-0.25, -0.2) is 4.98 Å². The van der Waals surface area contributed by atoms with E-state index in [0.717, 1.165) is 51.9 Å². The van der Waals surface area contributed by atoms with Crippen molar-refractivity contribution in [1.29, 1.82) is 0 Å². The highest BCUT2D eigenvalue weighted by atomic mass is 16.2. The number of carbonyl (C=O) groups is 1. The molecule has 1 N–H and O–H groups in total. The van der Waals surface area contributed by atoms with Gasteiger partial charge in [0.1, 0.15) is 5.69 Å². The zero-order valence-corrected chi connectivity index (χ0v) is 14.7. The zero-order chi connectivity index (χ0) is 17.3. The average molecular weight is 339 g/mol. The van der Waals surface area contributed by atoms with Crippen molar-refractivity contribution in [2.45, 2.75) is 38.1 Å². The number of imidazole rings is 1.